The van der Waals surface area contributed by atoms with Crippen LogP contribution in [0.15, 0.2) is 18.2 Å². The fourth-order valence-electron chi connectivity index (χ4n) is 1.77. The summed E-state index contributed by atoms with van der Waals surface area (Å²) in [5, 5.41) is 12.5. The van der Waals surface area contributed by atoms with E-state index in [1.165, 1.54) is 6.07 Å². The maximum atomic E-state index is 12.0. The number of benzene rings is 1. The molecule has 0 aromatic heterocycles. The number of hydrogen-bond acceptors (Lipinski definition) is 3. The molecule has 4 nitrogen and oxygen atoms in total. The van der Waals surface area contributed by atoms with Gasteiger partial charge >= 0.3 is 0 Å². The van der Waals surface area contributed by atoms with E-state index < -0.39 is 0 Å². The van der Waals surface area contributed by atoms with E-state index in [0.717, 1.165) is 18.4 Å². The first-order valence-electron chi connectivity index (χ1n) is 6.17. The largest absolute Gasteiger partial charge is 0.508 e. The summed E-state index contributed by atoms with van der Waals surface area (Å²) in [6.45, 7) is 4.35. The molecule has 1 unspecified atom stereocenters. The van der Waals surface area contributed by atoms with Crippen LogP contribution in [-0.4, -0.2) is 30.8 Å². The Hall–Kier alpha value is -1.55. The third-order valence-electron chi connectivity index (χ3n) is 2.81. The van der Waals surface area contributed by atoms with Crippen LogP contribution in [0, 0.1) is 6.92 Å². The zero-order chi connectivity index (χ0) is 13.5. The Kier molecular flexibility index (Phi) is 5.65. The van der Waals surface area contributed by atoms with Crippen LogP contribution in [0.25, 0.3) is 0 Å². The van der Waals surface area contributed by atoms with Crippen molar-refractivity contribution in [1.29, 1.82) is 0 Å². The third kappa shape index (κ3) is 4.04. The second-order valence-electron chi connectivity index (χ2n) is 4.42. The van der Waals surface area contributed by atoms with Crippen LogP contribution in [0.5, 0.6) is 5.75 Å². The van der Waals surface area contributed by atoms with E-state index in [1.807, 2.05) is 0 Å². The predicted octanol–water partition coefficient (Wildman–Crippen LogP) is 2.25. The van der Waals surface area contributed by atoms with Crippen LogP contribution in [0.2, 0.25) is 0 Å². The molecule has 0 heterocycles. The number of carbonyl (C=O) groups is 1. The average Bonchev–Trinajstić information content (AvgIpc) is 2.33. The van der Waals surface area contributed by atoms with Crippen molar-refractivity contribution in [3.8, 4) is 5.75 Å². The molecule has 0 fully saturated rings. The van der Waals surface area contributed by atoms with Gasteiger partial charge in [-0.3, -0.25) is 4.79 Å². The number of aromatic hydroxyl groups is 1. The van der Waals surface area contributed by atoms with E-state index in [9.17, 15) is 9.90 Å². The van der Waals surface area contributed by atoms with Gasteiger partial charge in [-0.1, -0.05) is 19.4 Å². The average molecular weight is 251 g/mol. The summed E-state index contributed by atoms with van der Waals surface area (Å²) in [5.41, 5.74) is 1.23. The highest BCUT2D eigenvalue weighted by molar-refractivity contribution is 5.94. The molecule has 0 spiro atoms. The topological polar surface area (TPSA) is 58.6 Å². The summed E-state index contributed by atoms with van der Waals surface area (Å²) in [6, 6.07) is 4.94. The predicted molar refractivity (Wildman–Crippen MR) is 70.9 cm³/mol. The van der Waals surface area contributed by atoms with Crippen LogP contribution >= 0.6 is 0 Å². The van der Waals surface area contributed by atoms with E-state index >= 15 is 0 Å². The maximum absolute atomic E-state index is 12.0. The maximum Gasteiger partial charge on any atom is 0.251 e. The minimum atomic E-state index is -0.180. The number of aryl methyl sites for hydroxylation is 1. The Morgan fingerprint density at radius 3 is 2.78 bits per heavy atom. The standard InChI is InChI=1S/C14H21NO3/c1-4-5-12(9-18-3)15-14(17)11-7-6-10(2)13(16)8-11/h6-8,12,16H,4-5,9H2,1-3H3,(H,15,17). The summed E-state index contributed by atoms with van der Waals surface area (Å²) in [5.74, 6) is -0.0396. The fourth-order valence-corrected chi connectivity index (χ4v) is 1.77. The summed E-state index contributed by atoms with van der Waals surface area (Å²) in [4.78, 5) is 12.0. The van der Waals surface area contributed by atoms with Gasteiger partial charge in [0.25, 0.3) is 5.91 Å². The zero-order valence-electron chi connectivity index (χ0n) is 11.2. The number of methoxy groups -OCH3 is 1. The summed E-state index contributed by atoms with van der Waals surface area (Å²) in [6.07, 6.45) is 1.85. The molecule has 2 N–H and O–H groups in total. The van der Waals surface area contributed by atoms with Gasteiger partial charge in [0.15, 0.2) is 0 Å². The van der Waals surface area contributed by atoms with Crippen LogP contribution < -0.4 is 5.32 Å². The van der Waals surface area contributed by atoms with Crippen molar-refractivity contribution in [2.75, 3.05) is 13.7 Å². The lowest BCUT2D eigenvalue weighted by molar-refractivity contribution is 0.0891. The van der Waals surface area contributed by atoms with Crippen LogP contribution in [-0.2, 0) is 4.74 Å². The van der Waals surface area contributed by atoms with E-state index in [2.05, 4.69) is 12.2 Å². The van der Waals surface area contributed by atoms with Crippen molar-refractivity contribution < 1.29 is 14.6 Å². The van der Waals surface area contributed by atoms with Gasteiger partial charge in [-0.05, 0) is 31.0 Å². The Labute approximate surface area is 108 Å². The Balaban J connectivity index is 2.70. The van der Waals surface area contributed by atoms with Gasteiger partial charge in [-0.25, -0.2) is 0 Å². The molecular formula is C14H21NO3. The molecule has 0 aliphatic heterocycles. The Morgan fingerprint density at radius 1 is 1.50 bits per heavy atom. The van der Waals surface area contributed by atoms with Gasteiger partial charge < -0.3 is 15.2 Å². The first-order chi connectivity index (χ1) is 8.58. The second kappa shape index (κ2) is 7.01. The molecule has 18 heavy (non-hydrogen) atoms. The number of carbonyl (C=O) groups excluding carboxylic acids is 1. The van der Waals surface area contributed by atoms with Gasteiger partial charge in [-0.2, -0.15) is 0 Å². The van der Waals surface area contributed by atoms with Crippen molar-refractivity contribution in [1.82, 2.24) is 5.32 Å². The Morgan fingerprint density at radius 2 is 2.22 bits per heavy atom. The lowest BCUT2D eigenvalue weighted by Gasteiger charge is -2.17. The number of amides is 1. The molecule has 1 atom stereocenters. The van der Waals surface area contributed by atoms with Crippen molar-refractivity contribution >= 4 is 5.91 Å². The highest BCUT2D eigenvalue weighted by atomic mass is 16.5. The summed E-state index contributed by atoms with van der Waals surface area (Å²) in [7, 11) is 1.62. The minimum absolute atomic E-state index is 0.0101. The molecule has 1 aromatic rings. The highest BCUT2D eigenvalue weighted by Crippen LogP contribution is 2.17. The lowest BCUT2D eigenvalue weighted by Crippen LogP contribution is -2.37. The van der Waals surface area contributed by atoms with Crippen molar-refractivity contribution in [2.45, 2.75) is 32.7 Å². The molecule has 0 aliphatic carbocycles. The van der Waals surface area contributed by atoms with Gasteiger partial charge in [0.2, 0.25) is 0 Å². The van der Waals surface area contributed by atoms with E-state index in [1.54, 1.807) is 26.2 Å². The van der Waals surface area contributed by atoms with Gasteiger partial charge in [0.05, 0.1) is 12.6 Å². The monoisotopic (exact) mass is 251 g/mol. The third-order valence-corrected chi connectivity index (χ3v) is 2.81. The number of rotatable bonds is 6. The van der Waals surface area contributed by atoms with E-state index in [-0.39, 0.29) is 17.7 Å². The van der Waals surface area contributed by atoms with Crippen LogP contribution in [0.3, 0.4) is 0 Å². The SMILES string of the molecule is CCCC(COC)NC(=O)c1ccc(C)c(O)c1. The number of phenols is 1. The summed E-state index contributed by atoms with van der Waals surface area (Å²) < 4.78 is 5.07. The number of ether oxygens (including phenoxy) is 1. The van der Waals surface area contributed by atoms with E-state index in [0.29, 0.717) is 12.2 Å². The second-order valence-corrected chi connectivity index (χ2v) is 4.42. The minimum Gasteiger partial charge on any atom is -0.508 e. The molecule has 1 amide bonds. The fraction of sp³-hybridized carbons (Fsp3) is 0.500. The molecule has 0 saturated carbocycles. The van der Waals surface area contributed by atoms with Crippen molar-refractivity contribution in [2.24, 2.45) is 0 Å². The van der Waals surface area contributed by atoms with Gasteiger partial charge in [0, 0.05) is 12.7 Å². The van der Waals surface area contributed by atoms with Crippen molar-refractivity contribution in [3.63, 3.8) is 0 Å². The number of hydrogen-bond donors (Lipinski definition) is 2. The zero-order valence-corrected chi connectivity index (χ0v) is 11.2. The smallest absolute Gasteiger partial charge is 0.251 e. The highest BCUT2D eigenvalue weighted by Gasteiger charge is 2.13. The molecule has 100 valence electrons. The van der Waals surface area contributed by atoms with E-state index in [4.69, 9.17) is 4.74 Å². The molecular weight excluding hydrogens is 230 g/mol. The first-order valence-corrected chi connectivity index (χ1v) is 6.17. The number of phenolic OH excluding ortho intramolecular Hbond substituents is 1. The summed E-state index contributed by atoms with van der Waals surface area (Å²) >= 11 is 0. The molecule has 0 saturated heterocycles. The molecule has 0 radical (unpaired) electrons. The molecule has 4 heteroatoms. The molecule has 1 rings (SSSR count). The van der Waals surface area contributed by atoms with Crippen molar-refractivity contribution in [3.05, 3.63) is 29.3 Å². The normalized spacial score (nSPS) is 12.2. The molecule has 0 bridgehead atoms. The quantitative estimate of drug-likeness (QED) is 0.815. The van der Waals surface area contributed by atoms with Crippen LogP contribution in [0.1, 0.15) is 35.7 Å². The van der Waals surface area contributed by atoms with Crippen LogP contribution in [0.4, 0.5) is 0 Å². The molecule has 0 aliphatic rings. The molecule has 1 aromatic carbocycles. The number of nitrogens with one attached hydrogen (secondary N) is 1. The van der Waals surface area contributed by atoms with Gasteiger partial charge in [0.1, 0.15) is 5.75 Å². The Bertz CT molecular complexity index is 398. The first kappa shape index (κ1) is 14.5. The van der Waals surface area contributed by atoms with Gasteiger partial charge in [-0.15, -0.1) is 0 Å². The lowest BCUT2D eigenvalue weighted by atomic mass is 10.1.